The van der Waals surface area contributed by atoms with E-state index in [2.05, 4.69) is 76.2 Å². The average molecular weight is 524 g/mol. The first-order valence-electron chi connectivity index (χ1n) is 13.1. The second-order valence-corrected chi connectivity index (χ2v) is 10.0. The Labute approximate surface area is 229 Å². The van der Waals surface area contributed by atoms with Crippen molar-refractivity contribution in [1.82, 2.24) is 19.8 Å². The lowest BCUT2D eigenvalue weighted by Crippen LogP contribution is -2.32. The molecule has 0 spiro atoms. The highest BCUT2D eigenvalue weighted by molar-refractivity contribution is 7.80. The fourth-order valence-corrected chi connectivity index (χ4v) is 5.77. The van der Waals surface area contributed by atoms with Gasteiger partial charge in [-0.1, -0.05) is 49.4 Å². The number of amides is 1. The lowest BCUT2D eigenvalue weighted by molar-refractivity contribution is -0.116. The first-order chi connectivity index (χ1) is 18.5. The number of carbonyl (C=O) groups is 1. The van der Waals surface area contributed by atoms with E-state index in [-0.39, 0.29) is 18.0 Å². The number of anilines is 1. The van der Waals surface area contributed by atoms with E-state index in [4.69, 9.17) is 12.2 Å². The molecule has 0 unspecified atom stereocenters. The van der Waals surface area contributed by atoms with Crippen LogP contribution in [0.15, 0.2) is 85.1 Å². The van der Waals surface area contributed by atoms with Crippen molar-refractivity contribution in [3.63, 3.8) is 0 Å². The molecule has 0 aliphatic carbocycles. The maximum absolute atomic E-state index is 12.8. The topological polar surface area (TPSA) is 62.2 Å². The van der Waals surface area contributed by atoms with E-state index in [1.54, 1.807) is 0 Å². The zero-order valence-corrected chi connectivity index (χ0v) is 22.8. The summed E-state index contributed by atoms with van der Waals surface area (Å²) in [6.45, 7) is 7.00. The second-order valence-electron chi connectivity index (χ2n) is 9.63. The molecule has 4 aromatic rings. The molecule has 2 aromatic heterocycles. The maximum Gasteiger partial charge on any atom is 0.226 e. The number of hydrogen-bond acceptors (Lipinski definition) is 3. The highest BCUT2D eigenvalue weighted by atomic mass is 32.1. The largest absolute Gasteiger partial charge is 0.352 e. The van der Waals surface area contributed by atoms with Crippen molar-refractivity contribution < 1.29 is 4.79 Å². The van der Waals surface area contributed by atoms with E-state index in [1.807, 2.05) is 54.7 Å². The van der Waals surface area contributed by atoms with Gasteiger partial charge in [0.1, 0.15) is 0 Å². The number of nitrogens with zero attached hydrogens (tertiary/aromatic N) is 3. The van der Waals surface area contributed by atoms with Crippen LogP contribution in [0.2, 0.25) is 0 Å². The highest BCUT2D eigenvalue weighted by Gasteiger charge is 2.41. The highest BCUT2D eigenvalue weighted by Crippen LogP contribution is 2.41. The molecule has 7 heteroatoms. The van der Waals surface area contributed by atoms with Crippen molar-refractivity contribution >= 4 is 28.9 Å². The third kappa shape index (κ3) is 5.07. The molecule has 2 atom stereocenters. The van der Waals surface area contributed by atoms with Crippen molar-refractivity contribution in [2.24, 2.45) is 0 Å². The van der Waals surface area contributed by atoms with Gasteiger partial charge in [-0.15, -0.1) is 0 Å². The van der Waals surface area contributed by atoms with Gasteiger partial charge in [0.2, 0.25) is 5.91 Å². The molecule has 1 aliphatic rings. The van der Waals surface area contributed by atoms with E-state index < -0.39 is 0 Å². The minimum atomic E-state index is -0.128. The van der Waals surface area contributed by atoms with Crippen molar-refractivity contribution in [1.29, 1.82) is 0 Å². The monoisotopic (exact) mass is 523 g/mol. The Bertz CT molecular complexity index is 1430. The molecule has 38 heavy (non-hydrogen) atoms. The van der Waals surface area contributed by atoms with E-state index >= 15 is 0 Å². The number of benzene rings is 2. The number of rotatable bonds is 8. The Balaban J connectivity index is 1.50. The summed E-state index contributed by atoms with van der Waals surface area (Å²) in [7, 11) is 0. The van der Waals surface area contributed by atoms with Gasteiger partial charge in [-0.3, -0.25) is 9.78 Å². The zero-order chi connectivity index (χ0) is 26.6. The second kappa shape index (κ2) is 11.2. The third-order valence-corrected chi connectivity index (χ3v) is 7.59. The number of hydrogen-bond donors (Lipinski definition) is 2. The molecule has 1 fully saturated rings. The van der Waals surface area contributed by atoms with Gasteiger partial charge in [0.25, 0.3) is 0 Å². The fourth-order valence-electron chi connectivity index (χ4n) is 5.44. The van der Waals surface area contributed by atoms with Crippen molar-refractivity contribution in [2.45, 2.75) is 45.7 Å². The van der Waals surface area contributed by atoms with Crippen LogP contribution in [0.5, 0.6) is 0 Å². The van der Waals surface area contributed by atoms with Crippen LogP contribution in [0, 0.1) is 13.8 Å². The Hall–Kier alpha value is -3.97. The Kier molecular flexibility index (Phi) is 7.56. The summed E-state index contributed by atoms with van der Waals surface area (Å²) in [5, 5.41) is 7.14. The minimum Gasteiger partial charge on any atom is -0.352 e. The molecule has 1 aliphatic heterocycles. The molecule has 5 rings (SSSR count). The van der Waals surface area contributed by atoms with Crippen LogP contribution < -0.4 is 10.6 Å². The molecular weight excluding hydrogens is 490 g/mol. The summed E-state index contributed by atoms with van der Waals surface area (Å²) in [6, 6.07) is 26.1. The lowest BCUT2D eigenvalue weighted by Gasteiger charge is -2.28. The van der Waals surface area contributed by atoms with Crippen LogP contribution >= 0.6 is 12.2 Å². The van der Waals surface area contributed by atoms with Gasteiger partial charge in [0.05, 0.1) is 17.8 Å². The molecule has 0 radical (unpaired) electrons. The number of carbonyl (C=O) groups excluding carboxylic acids is 1. The minimum absolute atomic E-state index is 0.0404. The third-order valence-electron chi connectivity index (χ3n) is 7.24. The van der Waals surface area contributed by atoms with Crippen LogP contribution in [0.3, 0.4) is 0 Å². The summed E-state index contributed by atoms with van der Waals surface area (Å²) >= 11 is 5.84. The number of aromatic nitrogens is 2. The van der Waals surface area contributed by atoms with Crippen molar-refractivity contribution in [3.8, 4) is 5.69 Å². The Morgan fingerprint density at radius 1 is 1.03 bits per heavy atom. The molecule has 1 saturated heterocycles. The maximum atomic E-state index is 12.8. The quantitative estimate of drug-likeness (QED) is 0.275. The Morgan fingerprint density at radius 3 is 2.50 bits per heavy atom. The smallest absolute Gasteiger partial charge is 0.226 e. The van der Waals surface area contributed by atoms with Crippen LogP contribution in [0.25, 0.3) is 5.69 Å². The average Bonchev–Trinajstić information content (AvgIpc) is 3.42. The van der Waals surface area contributed by atoms with Gasteiger partial charge in [0.15, 0.2) is 5.11 Å². The first kappa shape index (κ1) is 25.7. The molecule has 2 N–H and O–H groups in total. The van der Waals surface area contributed by atoms with E-state index in [1.165, 1.54) is 22.5 Å². The van der Waals surface area contributed by atoms with Gasteiger partial charge in [0, 0.05) is 41.9 Å². The summed E-state index contributed by atoms with van der Waals surface area (Å²) in [5.41, 5.74) is 7.73. The molecule has 3 heterocycles. The summed E-state index contributed by atoms with van der Waals surface area (Å²) in [5.74, 6) is -0.0404. The molecule has 1 amide bonds. The predicted octanol–water partition coefficient (Wildman–Crippen LogP) is 6.05. The molecule has 6 nitrogen and oxygen atoms in total. The van der Waals surface area contributed by atoms with Gasteiger partial charge in [-0.2, -0.15) is 0 Å². The Morgan fingerprint density at radius 2 is 1.76 bits per heavy atom. The standard InChI is InChI=1S/C31H33N5OS/c1-4-23-12-8-9-16-27(23)36-21(2)20-25(22(36)3)30-29(26-15-10-11-18-32-26)34-31(38)35(30)19-17-28(37)33-24-13-6-5-7-14-24/h5-16,18,20,29-30H,4,17,19H2,1-3H3,(H,33,37)(H,34,38)/t29-,30+/m1/s1. The van der Waals surface area contributed by atoms with Crippen LogP contribution in [0.4, 0.5) is 5.69 Å². The molecule has 2 aromatic carbocycles. The van der Waals surface area contributed by atoms with E-state index in [0.29, 0.717) is 18.1 Å². The van der Waals surface area contributed by atoms with Crippen molar-refractivity contribution in [3.05, 3.63) is 113 Å². The first-order valence-corrected chi connectivity index (χ1v) is 13.5. The van der Waals surface area contributed by atoms with E-state index in [9.17, 15) is 4.79 Å². The van der Waals surface area contributed by atoms with Crippen LogP contribution in [0.1, 0.15) is 53.6 Å². The molecule has 0 bridgehead atoms. The lowest BCUT2D eigenvalue weighted by atomic mass is 9.96. The molecule has 194 valence electrons. The van der Waals surface area contributed by atoms with Gasteiger partial charge < -0.3 is 20.1 Å². The van der Waals surface area contributed by atoms with Gasteiger partial charge in [-0.25, -0.2) is 0 Å². The summed E-state index contributed by atoms with van der Waals surface area (Å²) < 4.78 is 2.34. The van der Waals surface area contributed by atoms with Gasteiger partial charge >= 0.3 is 0 Å². The number of para-hydroxylation sites is 2. The SMILES string of the molecule is CCc1ccccc1-n1c(C)cc([C@H]2[C@@H](c3ccccn3)NC(=S)N2CCC(=O)Nc2ccccc2)c1C. The van der Waals surface area contributed by atoms with Crippen LogP contribution in [-0.2, 0) is 11.2 Å². The predicted molar refractivity (Wildman–Crippen MR) is 156 cm³/mol. The fraction of sp³-hybridized carbons (Fsp3) is 0.258. The molecule has 0 saturated carbocycles. The number of pyridine rings is 1. The van der Waals surface area contributed by atoms with Crippen LogP contribution in [-0.4, -0.2) is 32.0 Å². The van der Waals surface area contributed by atoms with E-state index in [0.717, 1.165) is 23.5 Å². The summed E-state index contributed by atoms with van der Waals surface area (Å²) in [4.78, 5) is 19.6. The van der Waals surface area contributed by atoms with Crippen molar-refractivity contribution in [2.75, 3.05) is 11.9 Å². The number of thiocarbonyl (C=S) groups is 1. The van der Waals surface area contributed by atoms with Gasteiger partial charge in [-0.05, 0) is 80.0 Å². The number of aryl methyl sites for hydroxylation is 2. The normalized spacial score (nSPS) is 16.9. The number of nitrogens with one attached hydrogen (secondary N) is 2. The molecular formula is C31H33N5OS. The summed E-state index contributed by atoms with van der Waals surface area (Å²) in [6.07, 6.45) is 3.09. The zero-order valence-electron chi connectivity index (χ0n) is 22.0.